The van der Waals surface area contributed by atoms with E-state index >= 15 is 0 Å². The molecule has 0 aliphatic rings. The molecule has 10 heteroatoms. The molecule has 2 amide bonds. The second-order valence-electron chi connectivity index (χ2n) is 12.3. The Balaban J connectivity index is 1.20. The monoisotopic (exact) mass is 631 g/mol. The number of phenols is 1. The van der Waals surface area contributed by atoms with Gasteiger partial charge in [-0.3, -0.25) is 9.72 Å². The van der Waals surface area contributed by atoms with E-state index in [1.54, 1.807) is 22.5 Å². The van der Waals surface area contributed by atoms with Gasteiger partial charge in [-0.15, -0.1) is 10.2 Å². The predicted molar refractivity (Wildman–Crippen MR) is 183 cm³/mol. The average molecular weight is 632 g/mol. The fourth-order valence-electron chi connectivity index (χ4n) is 5.10. The molecule has 3 aromatic heterocycles. The van der Waals surface area contributed by atoms with Crippen LogP contribution in [0.1, 0.15) is 50.1 Å². The Morgan fingerprint density at radius 3 is 2.57 bits per heavy atom. The largest absolute Gasteiger partial charge is 0.507 e. The van der Waals surface area contributed by atoms with Crippen LogP contribution in [0.3, 0.4) is 0 Å². The van der Waals surface area contributed by atoms with Gasteiger partial charge >= 0.3 is 6.03 Å². The van der Waals surface area contributed by atoms with Crippen molar-refractivity contribution in [3.63, 3.8) is 0 Å². The molecule has 9 nitrogen and oxygen atoms in total. The summed E-state index contributed by atoms with van der Waals surface area (Å²) in [6.45, 7) is 10.7. The second-order valence-corrected chi connectivity index (χ2v) is 13.4. The molecule has 0 aliphatic carbocycles. The summed E-state index contributed by atoms with van der Waals surface area (Å²) in [5.74, 6) is 1.34. The van der Waals surface area contributed by atoms with Crippen molar-refractivity contribution in [2.24, 2.45) is 0 Å². The van der Waals surface area contributed by atoms with Crippen molar-refractivity contribution in [2.75, 3.05) is 5.32 Å². The van der Waals surface area contributed by atoms with Crippen LogP contribution in [-0.2, 0) is 18.4 Å². The first-order valence-electron chi connectivity index (χ1n) is 15.2. The molecule has 3 N–H and O–H groups in total. The zero-order chi connectivity index (χ0) is 32.4. The smallest absolute Gasteiger partial charge is 0.320 e. The summed E-state index contributed by atoms with van der Waals surface area (Å²) in [5.41, 5.74) is 6.03. The summed E-state index contributed by atoms with van der Waals surface area (Å²) in [6.07, 6.45) is 2.87. The highest BCUT2D eigenvalue weighted by Crippen LogP contribution is 2.33. The van der Waals surface area contributed by atoms with Gasteiger partial charge in [0.15, 0.2) is 11.5 Å². The number of carbonyl (C=O) groups excluding carboxylic acids is 1. The maximum absolute atomic E-state index is 13.3. The number of phenolic OH excluding ortho intramolecular Hbond substituents is 1. The molecule has 0 bridgehead atoms. The molecular weight excluding hydrogens is 595 g/mol. The SMILES string of the molecule is CCc1cccc(-n2nc(C(C)(C)C)cc2NC(=O)NCc2ccccc2Sc2ccc3nnc(-c4ccc(C)cc4O)n3c2)c1. The van der Waals surface area contributed by atoms with Crippen LogP contribution in [0.25, 0.3) is 22.7 Å². The van der Waals surface area contributed by atoms with Crippen molar-refractivity contribution in [1.29, 1.82) is 0 Å². The zero-order valence-electron chi connectivity index (χ0n) is 26.6. The summed E-state index contributed by atoms with van der Waals surface area (Å²) >= 11 is 1.58. The number of nitrogens with one attached hydrogen (secondary N) is 2. The fourth-order valence-corrected chi connectivity index (χ4v) is 6.07. The number of amides is 2. The number of hydrogen-bond donors (Lipinski definition) is 3. The Morgan fingerprint density at radius 1 is 0.957 bits per heavy atom. The van der Waals surface area contributed by atoms with Crippen molar-refractivity contribution in [2.45, 2.75) is 62.8 Å². The lowest BCUT2D eigenvalue weighted by molar-refractivity contribution is 0.251. The summed E-state index contributed by atoms with van der Waals surface area (Å²) in [5, 5.41) is 30.1. The van der Waals surface area contributed by atoms with Gasteiger partial charge in [0.1, 0.15) is 11.6 Å². The highest BCUT2D eigenvalue weighted by molar-refractivity contribution is 7.99. The third kappa shape index (κ3) is 6.62. The molecule has 0 saturated carbocycles. The van der Waals surface area contributed by atoms with Crippen molar-refractivity contribution in [1.82, 2.24) is 29.7 Å². The normalized spacial score (nSPS) is 11.6. The number of rotatable bonds is 8. The lowest BCUT2D eigenvalue weighted by Crippen LogP contribution is -2.29. The minimum Gasteiger partial charge on any atom is -0.507 e. The van der Waals surface area contributed by atoms with Crippen LogP contribution in [0.5, 0.6) is 5.75 Å². The van der Waals surface area contributed by atoms with Gasteiger partial charge in [0, 0.05) is 34.0 Å². The van der Waals surface area contributed by atoms with E-state index in [0.717, 1.165) is 38.7 Å². The molecule has 6 aromatic rings. The van der Waals surface area contributed by atoms with Gasteiger partial charge in [-0.2, -0.15) is 5.10 Å². The number of aryl methyl sites for hydroxylation is 2. The van der Waals surface area contributed by atoms with Gasteiger partial charge in [0.25, 0.3) is 0 Å². The van der Waals surface area contributed by atoms with Crippen LogP contribution in [-0.4, -0.2) is 35.5 Å². The minimum absolute atomic E-state index is 0.161. The molecule has 3 heterocycles. The number of fused-ring (bicyclic) bond motifs is 1. The Hall–Kier alpha value is -5.09. The third-order valence-electron chi connectivity index (χ3n) is 7.69. The predicted octanol–water partition coefficient (Wildman–Crippen LogP) is 7.93. The second kappa shape index (κ2) is 12.7. The lowest BCUT2D eigenvalue weighted by Gasteiger charge is -2.14. The molecule has 3 aromatic carbocycles. The highest BCUT2D eigenvalue weighted by atomic mass is 32.2. The van der Waals surface area contributed by atoms with Crippen LogP contribution < -0.4 is 10.6 Å². The molecule has 0 spiro atoms. The van der Waals surface area contributed by atoms with Crippen LogP contribution in [0.2, 0.25) is 0 Å². The third-order valence-corrected chi connectivity index (χ3v) is 8.79. The molecule has 0 atom stereocenters. The molecule has 0 aliphatic heterocycles. The highest BCUT2D eigenvalue weighted by Gasteiger charge is 2.22. The zero-order valence-corrected chi connectivity index (χ0v) is 27.4. The van der Waals surface area contributed by atoms with Crippen LogP contribution in [0.15, 0.2) is 101 Å². The topological polar surface area (TPSA) is 109 Å². The first kappa shape index (κ1) is 30.9. The molecule has 0 unspecified atom stereocenters. The summed E-state index contributed by atoms with van der Waals surface area (Å²) in [6, 6.07) is 27.2. The standard InChI is InChI=1S/C36H37N7O2S/c1-6-24-10-9-12-26(19-24)43-33(20-31(41-43)36(3,4)5)38-35(45)37-21-25-11-7-8-13-30(25)46-27-15-17-32-39-40-34(42(32)22-27)28-16-14-23(2)18-29(28)44/h7-20,22,44H,6,21H2,1-5H3,(H2,37,38,45). The number of carbonyl (C=O) groups is 1. The van der Waals surface area contributed by atoms with Crippen molar-refractivity contribution in [3.05, 3.63) is 114 Å². The quantitative estimate of drug-likeness (QED) is 0.157. The summed E-state index contributed by atoms with van der Waals surface area (Å²) < 4.78 is 3.68. The lowest BCUT2D eigenvalue weighted by atomic mass is 9.92. The Kier molecular flexibility index (Phi) is 8.55. The van der Waals surface area contributed by atoms with Crippen LogP contribution in [0.4, 0.5) is 10.6 Å². The maximum Gasteiger partial charge on any atom is 0.320 e. The number of aromatic nitrogens is 5. The molecule has 46 heavy (non-hydrogen) atoms. The van der Waals surface area contributed by atoms with Gasteiger partial charge in [-0.1, -0.05) is 75.9 Å². The number of nitrogens with zero attached hydrogens (tertiary/aromatic N) is 5. The number of anilines is 1. The van der Waals surface area contributed by atoms with E-state index in [-0.39, 0.29) is 17.2 Å². The average Bonchev–Trinajstić information content (AvgIpc) is 3.65. The number of hydrogen-bond acceptors (Lipinski definition) is 6. The Bertz CT molecular complexity index is 2040. The number of urea groups is 1. The van der Waals surface area contributed by atoms with Gasteiger partial charge < -0.3 is 10.4 Å². The van der Waals surface area contributed by atoms with E-state index < -0.39 is 0 Å². The summed E-state index contributed by atoms with van der Waals surface area (Å²) in [4.78, 5) is 15.2. The number of benzene rings is 3. The fraction of sp³-hybridized carbons (Fsp3) is 0.222. The Labute approximate surface area is 272 Å². The van der Waals surface area contributed by atoms with Gasteiger partial charge in [-0.05, 0) is 72.5 Å². The molecule has 0 radical (unpaired) electrons. The van der Waals surface area contributed by atoms with E-state index in [4.69, 9.17) is 5.10 Å². The molecular formula is C36H37N7O2S. The molecule has 234 valence electrons. The van der Waals surface area contributed by atoms with E-state index in [1.165, 1.54) is 5.56 Å². The van der Waals surface area contributed by atoms with Crippen LogP contribution >= 0.6 is 11.8 Å². The summed E-state index contributed by atoms with van der Waals surface area (Å²) in [7, 11) is 0. The number of aromatic hydroxyl groups is 1. The first-order chi connectivity index (χ1) is 22.1. The van der Waals surface area contributed by atoms with Gasteiger partial charge in [0.2, 0.25) is 0 Å². The van der Waals surface area contributed by atoms with Gasteiger partial charge in [0.05, 0.1) is 16.9 Å². The van der Waals surface area contributed by atoms with Gasteiger partial charge in [-0.25, -0.2) is 9.48 Å². The molecule has 6 rings (SSSR count). The van der Waals surface area contributed by atoms with Crippen molar-refractivity contribution >= 4 is 29.3 Å². The minimum atomic E-state index is -0.318. The van der Waals surface area contributed by atoms with Crippen molar-refractivity contribution < 1.29 is 9.90 Å². The van der Waals surface area contributed by atoms with Crippen molar-refractivity contribution in [3.8, 4) is 22.8 Å². The van der Waals surface area contributed by atoms with E-state index in [9.17, 15) is 9.90 Å². The first-order valence-corrected chi connectivity index (χ1v) is 16.1. The molecule has 0 fully saturated rings. The Morgan fingerprint density at radius 2 is 1.78 bits per heavy atom. The van der Waals surface area contributed by atoms with E-state index in [1.807, 2.05) is 84.3 Å². The number of pyridine rings is 1. The van der Waals surface area contributed by atoms with E-state index in [0.29, 0.717) is 29.4 Å². The van der Waals surface area contributed by atoms with Crippen LogP contribution in [0, 0.1) is 6.92 Å². The van der Waals surface area contributed by atoms with E-state index in [2.05, 4.69) is 60.7 Å². The molecule has 0 saturated heterocycles. The maximum atomic E-state index is 13.3.